The number of nitrogens with zero attached hydrogens (tertiary/aromatic N) is 1. The number of ether oxygens (including phenoxy) is 1. The van der Waals surface area contributed by atoms with E-state index in [-0.39, 0.29) is 48.6 Å². The molecule has 0 saturated carbocycles. The maximum absolute atomic E-state index is 13.9. The van der Waals surface area contributed by atoms with E-state index < -0.39 is 5.97 Å². The molecule has 0 bridgehead atoms. The first-order chi connectivity index (χ1) is 19.7. The predicted molar refractivity (Wildman–Crippen MR) is 158 cm³/mol. The van der Waals surface area contributed by atoms with Crippen LogP contribution in [-0.2, 0) is 9.53 Å². The number of hydrogen-bond donors (Lipinski definition) is 2. The number of amides is 2. The number of benzene rings is 2. The van der Waals surface area contributed by atoms with Crippen molar-refractivity contribution in [1.29, 1.82) is 0 Å². The van der Waals surface area contributed by atoms with Gasteiger partial charge in [0.05, 0.1) is 19.6 Å². The van der Waals surface area contributed by atoms with Gasteiger partial charge in [0, 0.05) is 52.0 Å². The molecule has 212 valence electrons. The number of likely N-dealkylation sites (tertiary alicyclic amines) is 1. The van der Waals surface area contributed by atoms with Crippen LogP contribution in [0, 0.1) is 11.8 Å². The lowest BCUT2D eigenvalue weighted by Gasteiger charge is -2.31. The minimum Gasteiger partial charge on any atom is -0.497 e. The Kier molecular flexibility index (Phi) is 8.66. The third-order valence-electron chi connectivity index (χ3n) is 7.74. The SMILES string of the molecule is COC1=CC2C=CC([C@H]3C[C@@H](c4cc(Cl)cc(Cl)c4)CN3C(=O)c3ccc(C(=O)NCCC(=O)O)cc3)=CC2C=C1. The minimum absolute atomic E-state index is 0.0292. The van der Waals surface area contributed by atoms with Crippen LogP contribution in [0.4, 0.5) is 0 Å². The normalized spacial score (nSPS) is 23.0. The number of aliphatic carboxylic acids is 1. The lowest BCUT2D eigenvalue weighted by Crippen LogP contribution is -2.37. The molecule has 1 fully saturated rings. The van der Waals surface area contributed by atoms with Crippen molar-refractivity contribution in [3.63, 3.8) is 0 Å². The van der Waals surface area contributed by atoms with Crippen molar-refractivity contribution in [2.75, 3.05) is 20.2 Å². The third-order valence-corrected chi connectivity index (χ3v) is 8.17. The Bertz CT molecular complexity index is 1460. The van der Waals surface area contributed by atoms with Crippen molar-refractivity contribution >= 4 is 41.0 Å². The zero-order valence-corrected chi connectivity index (χ0v) is 23.9. The Balaban J connectivity index is 1.39. The zero-order valence-electron chi connectivity index (χ0n) is 22.4. The molecule has 4 atom stereocenters. The van der Waals surface area contributed by atoms with Crippen LogP contribution in [0.5, 0.6) is 0 Å². The number of carboxylic acid groups (broad SMARTS) is 1. The highest BCUT2D eigenvalue weighted by atomic mass is 35.5. The number of allylic oxidation sites excluding steroid dienone is 5. The molecule has 1 aliphatic heterocycles. The first kappa shape index (κ1) is 28.7. The maximum Gasteiger partial charge on any atom is 0.305 e. The van der Waals surface area contributed by atoms with E-state index in [2.05, 4.69) is 35.7 Å². The number of hydrogen-bond acceptors (Lipinski definition) is 4. The van der Waals surface area contributed by atoms with Crippen LogP contribution in [0.3, 0.4) is 0 Å². The van der Waals surface area contributed by atoms with Gasteiger partial charge in [0.25, 0.3) is 11.8 Å². The Labute approximate surface area is 248 Å². The maximum atomic E-state index is 13.9. The summed E-state index contributed by atoms with van der Waals surface area (Å²) in [5.41, 5.74) is 2.88. The number of rotatable bonds is 8. The standard InChI is InChI=1S/C32H30Cl2N2O5/c1-41-28-9-8-21-12-23(7-6-22(21)15-28)29-16-25(24-13-26(33)17-27(34)14-24)18-36(29)32(40)20-4-2-19(3-5-20)31(39)35-11-10-30(37)38/h2-9,12-15,17,21-22,25,29H,10-11,16,18H2,1H3,(H,35,39)(H,37,38)/t21?,22?,25-,29-/m1/s1. The Morgan fingerprint density at radius 1 is 0.976 bits per heavy atom. The fourth-order valence-corrected chi connectivity index (χ4v) is 6.19. The van der Waals surface area contributed by atoms with Crippen LogP contribution < -0.4 is 5.32 Å². The second-order valence-corrected chi connectivity index (χ2v) is 11.3. The summed E-state index contributed by atoms with van der Waals surface area (Å²) in [5, 5.41) is 12.5. The number of carbonyl (C=O) groups is 3. The summed E-state index contributed by atoms with van der Waals surface area (Å²) in [6.07, 6.45) is 13.2. The molecule has 1 saturated heterocycles. The first-order valence-electron chi connectivity index (χ1n) is 13.4. The number of fused-ring (bicyclic) bond motifs is 1. The lowest BCUT2D eigenvalue weighted by atomic mass is 9.80. The Morgan fingerprint density at radius 2 is 1.63 bits per heavy atom. The highest BCUT2D eigenvalue weighted by molar-refractivity contribution is 6.34. The van der Waals surface area contributed by atoms with Crippen LogP contribution in [0.15, 0.2) is 90.3 Å². The molecule has 0 aromatic heterocycles. The molecule has 2 aliphatic carbocycles. The fraction of sp³-hybridized carbons (Fsp3) is 0.281. The lowest BCUT2D eigenvalue weighted by molar-refractivity contribution is -0.136. The van der Waals surface area contributed by atoms with Crippen molar-refractivity contribution in [2.45, 2.75) is 24.8 Å². The van der Waals surface area contributed by atoms with Crippen molar-refractivity contribution < 1.29 is 24.2 Å². The second-order valence-electron chi connectivity index (χ2n) is 10.4. The van der Waals surface area contributed by atoms with Crippen LogP contribution in [0.2, 0.25) is 10.0 Å². The Morgan fingerprint density at radius 3 is 2.32 bits per heavy atom. The van der Waals surface area contributed by atoms with E-state index >= 15 is 0 Å². The van der Waals surface area contributed by atoms with Crippen molar-refractivity contribution in [1.82, 2.24) is 10.2 Å². The van der Waals surface area contributed by atoms with Crippen LogP contribution in [0.1, 0.15) is 45.0 Å². The van der Waals surface area contributed by atoms with E-state index in [1.807, 2.05) is 23.1 Å². The molecular formula is C32H30Cl2N2O5. The third kappa shape index (κ3) is 6.58. The molecular weight excluding hydrogens is 563 g/mol. The van der Waals surface area contributed by atoms with Gasteiger partial charge < -0.3 is 20.1 Å². The van der Waals surface area contributed by atoms with Crippen LogP contribution in [-0.4, -0.2) is 54.0 Å². The summed E-state index contributed by atoms with van der Waals surface area (Å²) in [7, 11) is 1.66. The zero-order chi connectivity index (χ0) is 29.1. The van der Waals surface area contributed by atoms with Gasteiger partial charge in [-0.15, -0.1) is 0 Å². The number of methoxy groups -OCH3 is 1. The number of carbonyl (C=O) groups excluding carboxylic acids is 2. The van der Waals surface area contributed by atoms with Crippen molar-refractivity contribution in [2.24, 2.45) is 11.8 Å². The van der Waals surface area contributed by atoms with E-state index in [9.17, 15) is 14.4 Å². The molecule has 0 spiro atoms. The van der Waals surface area contributed by atoms with Crippen LogP contribution >= 0.6 is 23.2 Å². The van der Waals surface area contributed by atoms with Crippen molar-refractivity contribution in [3.8, 4) is 0 Å². The quantitative estimate of drug-likeness (QED) is 0.390. The van der Waals surface area contributed by atoms with Gasteiger partial charge in [-0.1, -0.05) is 47.5 Å². The van der Waals surface area contributed by atoms with E-state index in [0.29, 0.717) is 34.1 Å². The average molecular weight is 594 g/mol. The van der Waals surface area contributed by atoms with Gasteiger partial charge in [-0.05, 0) is 72.2 Å². The molecule has 2 aromatic carbocycles. The van der Waals surface area contributed by atoms with Gasteiger partial charge in [-0.25, -0.2) is 0 Å². The molecule has 2 amide bonds. The van der Waals surface area contributed by atoms with E-state index in [1.165, 1.54) is 0 Å². The highest BCUT2D eigenvalue weighted by Crippen LogP contribution is 2.41. The molecule has 3 aliphatic rings. The van der Waals surface area contributed by atoms with Gasteiger partial charge in [0.1, 0.15) is 5.76 Å². The number of carboxylic acids is 1. The molecule has 1 heterocycles. The van der Waals surface area contributed by atoms with Gasteiger partial charge in [0.2, 0.25) is 0 Å². The van der Waals surface area contributed by atoms with Gasteiger partial charge in [-0.3, -0.25) is 14.4 Å². The number of nitrogens with one attached hydrogen (secondary N) is 1. The van der Waals surface area contributed by atoms with E-state index in [0.717, 1.165) is 16.9 Å². The van der Waals surface area contributed by atoms with Gasteiger partial charge in [-0.2, -0.15) is 0 Å². The van der Waals surface area contributed by atoms with E-state index in [4.69, 9.17) is 33.0 Å². The van der Waals surface area contributed by atoms with Gasteiger partial charge in [0.15, 0.2) is 0 Å². The summed E-state index contributed by atoms with van der Waals surface area (Å²) in [6, 6.07) is 11.8. The summed E-state index contributed by atoms with van der Waals surface area (Å²) >= 11 is 12.6. The fourth-order valence-electron chi connectivity index (χ4n) is 5.64. The number of halogens is 2. The van der Waals surface area contributed by atoms with Gasteiger partial charge >= 0.3 is 5.97 Å². The summed E-state index contributed by atoms with van der Waals surface area (Å²) in [4.78, 5) is 38.9. The summed E-state index contributed by atoms with van der Waals surface area (Å²) in [5.74, 6) is -0.277. The largest absolute Gasteiger partial charge is 0.497 e. The molecule has 0 radical (unpaired) electrons. The van der Waals surface area contributed by atoms with Crippen LogP contribution in [0.25, 0.3) is 0 Å². The highest BCUT2D eigenvalue weighted by Gasteiger charge is 2.39. The minimum atomic E-state index is -0.987. The monoisotopic (exact) mass is 592 g/mol. The second kappa shape index (κ2) is 12.4. The summed E-state index contributed by atoms with van der Waals surface area (Å²) < 4.78 is 5.40. The molecule has 2 aromatic rings. The molecule has 2 unspecified atom stereocenters. The molecule has 7 nitrogen and oxygen atoms in total. The summed E-state index contributed by atoms with van der Waals surface area (Å²) in [6.45, 7) is 0.516. The van der Waals surface area contributed by atoms with E-state index in [1.54, 1.807) is 37.4 Å². The first-order valence-corrected chi connectivity index (χ1v) is 14.2. The molecule has 41 heavy (non-hydrogen) atoms. The molecule has 9 heteroatoms. The average Bonchev–Trinajstić information content (AvgIpc) is 3.41. The molecule has 5 rings (SSSR count). The Hall–Kier alpha value is -3.81. The topological polar surface area (TPSA) is 95.9 Å². The van der Waals surface area contributed by atoms with Crippen molar-refractivity contribution in [3.05, 3.63) is 117 Å². The smallest absolute Gasteiger partial charge is 0.305 e. The molecule has 2 N–H and O–H groups in total. The predicted octanol–water partition coefficient (Wildman–Crippen LogP) is 6.02.